The van der Waals surface area contributed by atoms with Gasteiger partial charge in [-0.05, 0) is 47.4 Å². The molecule has 0 aliphatic carbocycles. The monoisotopic (exact) mass is 458 g/mol. The number of halogens is 2. The summed E-state index contributed by atoms with van der Waals surface area (Å²) in [6, 6.07) is 11.9. The lowest BCUT2D eigenvalue weighted by atomic mass is 10.1. The third kappa shape index (κ3) is 4.26. The number of thioether (sulfide) groups is 1. The first-order valence-corrected chi connectivity index (χ1v) is 10.8. The predicted octanol–water partition coefficient (Wildman–Crippen LogP) is 3.69. The number of amides is 4. The normalized spacial score (nSPS) is 17.9. The molecule has 4 rings (SSSR count). The van der Waals surface area contributed by atoms with Crippen molar-refractivity contribution in [3.05, 3.63) is 76.4 Å². The van der Waals surface area contributed by atoms with E-state index in [1.165, 1.54) is 45.5 Å². The first-order chi connectivity index (χ1) is 14.8. The maximum Gasteiger partial charge on any atom is 0.501 e. The van der Waals surface area contributed by atoms with Gasteiger partial charge in [-0.2, -0.15) is 14.3 Å². The molecule has 0 aromatic heterocycles. The number of rotatable bonds is 5. The van der Waals surface area contributed by atoms with Crippen LogP contribution in [0.3, 0.4) is 0 Å². The van der Waals surface area contributed by atoms with Gasteiger partial charge in [-0.15, -0.1) is 11.8 Å². The third-order valence-electron chi connectivity index (χ3n) is 5.10. The molecule has 0 N–H and O–H groups in total. The first kappa shape index (κ1) is 21.3. The minimum Gasteiger partial charge on any atom is -0.312 e. The SMILES string of the molecule is CN(C(=O)C[N+]1=C2C=CSC2C(=O)N(Cc2ccc(F)cc2)C1=O)c1cccc(Cl)c1. The zero-order valence-electron chi connectivity index (χ0n) is 16.5. The van der Waals surface area contributed by atoms with Crippen LogP contribution in [0.25, 0.3) is 0 Å². The Morgan fingerprint density at radius 1 is 1.23 bits per heavy atom. The first-order valence-electron chi connectivity index (χ1n) is 9.43. The molecule has 0 saturated heterocycles. The van der Waals surface area contributed by atoms with E-state index in [4.69, 9.17) is 11.6 Å². The van der Waals surface area contributed by atoms with E-state index in [-0.39, 0.29) is 24.9 Å². The highest BCUT2D eigenvalue weighted by molar-refractivity contribution is 8.04. The van der Waals surface area contributed by atoms with Gasteiger partial charge in [0.25, 0.3) is 5.91 Å². The zero-order chi connectivity index (χ0) is 22.1. The highest BCUT2D eigenvalue weighted by Gasteiger charge is 2.49. The van der Waals surface area contributed by atoms with Crippen LogP contribution in [0, 0.1) is 5.82 Å². The topological polar surface area (TPSA) is 60.7 Å². The minimum atomic E-state index is -0.595. The number of fused-ring (bicyclic) bond motifs is 1. The van der Waals surface area contributed by atoms with Crippen LogP contribution >= 0.6 is 23.4 Å². The van der Waals surface area contributed by atoms with Crippen molar-refractivity contribution in [1.29, 1.82) is 0 Å². The average Bonchev–Trinajstić information content (AvgIpc) is 3.25. The number of urea groups is 1. The number of carbonyl (C=O) groups is 3. The zero-order valence-corrected chi connectivity index (χ0v) is 18.1. The molecule has 6 nitrogen and oxygen atoms in total. The van der Waals surface area contributed by atoms with Gasteiger partial charge in [0.1, 0.15) is 18.1 Å². The van der Waals surface area contributed by atoms with Crippen LogP contribution in [0.5, 0.6) is 0 Å². The Kier molecular flexibility index (Phi) is 5.93. The molecule has 1 unspecified atom stereocenters. The maximum absolute atomic E-state index is 13.2. The Hall–Kier alpha value is -2.97. The molecule has 1 atom stereocenters. The Balaban J connectivity index is 1.60. The highest BCUT2D eigenvalue weighted by atomic mass is 35.5. The molecule has 9 heteroatoms. The van der Waals surface area contributed by atoms with Gasteiger partial charge in [0.05, 0.1) is 0 Å². The fourth-order valence-electron chi connectivity index (χ4n) is 3.40. The van der Waals surface area contributed by atoms with Crippen molar-refractivity contribution in [2.45, 2.75) is 11.8 Å². The number of nitrogens with zero attached hydrogens (tertiary/aromatic N) is 3. The summed E-state index contributed by atoms with van der Waals surface area (Å²) in [7, 11) is 1.60. The Morgan fingerprint density at radius 3 is 2.68 bits per heavy atom. The fraction of sp³-hybridized carbons (Fsp3) is 0.182. The number of anilines is 1. The van der Waals surface area contributed by atoms with Crippen molar-refractivity contribution in [2.24, 2.45) is 0 Å². The van der Waals surface area contributed by atoms with Gasteiger partial charge in [-0.25, -0.2) is 9.18 Å². The standard InChI is InChI=1S/C22H18ClFN3O3S/c1-25(17-4-2-3-15(23)11-17)19(28)13-26-18-9-10-31-20(18)21(29)27(22(26)30)12-14-5-7-16(24)8-6-14/h2-11,20H,12-13H2,1H3/q+1. The number of hydrogen-bond acceptors (Lipinski definition) is 4. The molecule has 2 aliphatic rings. The Morgan fingerprint density at radius 2 is 1.97 bits per heavy atom. The smallest absolute Gasteiger partial charge is 0.312 e. The van der Waals surface area contributed by atoms with E-state index in [1.807, 2.05) is 0 Å². The van der Waals surface area contributed by atoms with Crippen molar-refractivity contribution < 1.29 is 23.3 Å². The van der Waals surface area contributed by atoms with Gasteiger partial charge in [0.15, 0.2) is 11.8 Å². The number of allylic oxidation sites excluding steroid dienone is 1. The lowest BCUT2D eigenvalue weighted by molar-refractivity contribution is -0.426. The number of benzene rings is 2. The van der Waals surface area contributed by atoms with Crippen molar-refractivity contribution in [3.8, 4) is 0 Å². The molecule has 2 aliphatic heterocycles. The van der Waals surface area contributed by atoms with Crippen molar-refractivity contribution in [1.82, 2.24) is 4.90 Å². The number of hydrogen-bond donors (Lipinski definition) is 0. The van der Waals surface area contributed by atoms with E-state index < -0.39 is 17.1 Å². The molecule has 158 valence electrons. The quantitative estimate of drug-likeness (QED) is 0.641. The fourth-order valence-corrected chi connectivity index (χ4v) is 4.55. The summed E-state index contributed by atoms with van der Waals surface area (Å²) >= 11 is 7.30. The van der Waals surface area contributed by atoms with E-state index in [2.05, 4.69) is 0 Å². The average molecular weight is 459 g/mol. The molecule has 0 radical (unpaired) electrons. The van der Waals surface area contributed by atoms with E-state index in [0.717, 1.165) is 4.90 Å². The molecule has 0 bridgehead atoms. The molecule has 0 fully saturated rings. The summed E-state index contributed by atoms with van der Waals surface area (Å²) < 4.78 is 14.5. The van der Waals surface area contributed by atoms with Gasteiger partial charge < -0.3 is 4.90 Å². The van der Waals surface area contributed by atoms with Gasteiger partial charge in [0.2, 0.25) is 0 Å². The Labute approximate surface area is 187 Å². The molecule has 2 aromatic carbocycles. The minimum absolute atomic E-state index is 0.00287. The number of imide groups is 1. The summed E-state index contributed by atoms with van der Waals surface area (Å²) in [5.41, 5.74) is 1.70. The van der Waals surface area contributed by atoms with Gasteiger partial charge in [0, 0.05) is 17.8 Å². The van der Waals surface area contributed by atoms with E-state index in [9.17, 15) is 18.8 Å². The summed E-state index contributed by atoms with van der Waals surface area (Å²) in [4.78, 5) is 41.6. The molecule has 2 heterocycles. The molecular formula is C22H18ClFN3O3S+. The van der Waals surface area contributed by atoms with Crippen LogP contribution < -0.4 is 4.90 Å². The molecular weight excluding hydrogens is 441 g/mol. The van der Waals surface area contributed by atoms with Crippen LogP contribution in [-0.2, 0) is 16.1 Å². The van der Waals surface area contributed by atoms with Gasteiger partial charge in [-0.3, -0.25) is 4.79 Å². The van der Waals surface area contributed by atoms with Crippen LogP contribution in [-0.4, -0.2) is 51.9 Å². The number of carbonyl (C=O) groups excluding carboxylic acids is 3. The predicted molar refractivity (Wildman–Crippen MR) is 118 cm³/mol. The lowest BCUT2D eigenvalue weighted by Crippen LogP contribution is -2.56. The second kappa shape index (κ2) is 8.64. The van der Waals surface area contributed by atoms with E-state index in [1.54, 1.807) is 42.8 Å². The van der Waals surface area contributed by atoms with E-state index in [0.29, 0.717) is 22.0 Å². The molecule has 2 aromatic rings. The second-order valence-electron chi connectivity index (χ2n) is 7.10. The van der Waals surface area contributed by atoms with Crippen LogP contribution in [0.4, 0.5) is 14.9 Å². The van der Waals surface area contributed by atoms with Crippen molar-refractivity contribution >= 4 is 52.6 Å². The van der Waals surface area contributed by atoms with Crippen LogP contribution in [0.2, 0.25) is 5.02 Å². The van der Waals surface area contributed by atoms with Crippen LogP contribution in [0.15, 0.2) is 60.0 Å². The summed E-state index contributed by atoms with van der Waals surface area (Å²) in [5, 5.41) is 1.64. The molecule has 0 spiro atoms. The third-order valence-corrected chi connectivity index (χ3v) is 6.35. The van der Waals surface area contributed by atoms with Crippen molar-refractivity contribution in [3.63, 3.8) is 0 Å². The van der Waals surface area contributed by atoms with Crippen LogP contribution in [0.1, 0.15) is 5.56 Å². The van der Waals surface area contributed by atoms with E-state index >= 15 is 0 Å². The van der Waals surface area contributed by atoms with Gasteiger partial charge >= 0.3 is 11.9 Å². The summed E-state index contributed by atoms with van der Waals surface area (Å²) in [5.74, 6) is -1.09. The summed E-state index contributed by atoms with van der Waals surface area (Å²) in [6.07, 6.45) is 1.69. The largest absolute Gasteiger partial charge is 0.501 e. The molecule has 31 heavy (non-hydrogen) atoms. The highest BCUT2D eigenvalue weighted by Crippen LogP contribution is 2.29. The maximum atomic E-state index is 13.2. The lowest BCUT2D eigenvalue weighted by Gasteiger charge is -2.25. The van der Waals surface area contributed by atoms with Gasteiger partial charge in [-0.1, -0.05) is 29.8 Å². The molecule has 4 amide bonds. The Bertz CT molecular complexity index is 1130. The summed E-state index contributed by atoms with van der Waals surface area (Å²) in [6.45, 7) is -0.233. The number of likely N-dealkylation sites (N-methyl/N-ethyl adjacent to an activating group) is 1. The second-order valence-corrected chi connectivity index (χ2v) is 8.55. The molecule has 0 saturated carbocycles. The van der Waals surface area contributed by atoms with Crippen molar-refractivity contribution in [2.75, 3.05) is 18.5 Å².